The lowest BCUT2D eigenvalue weighted by atomic mass is 10.1. The number of nitrogens with zero attached hydrogens (tertiary/aromatic N) is 2. The lowest BCUT2D eigenvalue weighted by Gasteiger charge is -2.32. The normalized spacial score (nSPS) is 16.5. The third-order valence-electron chi connectivity index (χ3n) is 3.32. The molecular formula is C13H18N4O2. The summed E-state index contributed by atoms with van der Waals surface area (Å²) in [5.74, 6) is 4.97. The summed E-state index contributed by atoms with van der Waals surface area (Å²) in [4.78, 5) is 27.1. The van der Waals surface area contributed by atoms with E-state index >= 15 is 0 Å². The van der Waals surface area contributed by atoms with Crippen molar-refractivity contribution in [2.45, 2.75) is 6.54 Å². The Kier molecular flexibility index (Phi) is 4.13. The van der Waals surface area contributed by atoms with Crippen LogP contribution >= 0.6 is 0 Å². The minimum Gasteiger partial charge on any atom is -0.343 e. The maximum atomic E-state index is 11.7. The Labute approximate surface area is 112 Å². The van der Waals surface area contributed by atoms with Crippen molar-refractivity contribution >= 4 is 11.8 Å². The van der Waals surface area contributed by atoms with E-state index in [-0.39, 0.29) is 11.8 Å². The summed E-state index contributed by atoms with van der Waals surface area (Å²) in [5.41, 5.74) is 3.57. The second kappa shape index (κ2) is 5.81. The number of nitrogens with two attached hydrogens (primary N) is 1. The van der Waals surface area contributed by atoms with E-state index in [1.807, 2.05) is 17.0 Å². The Balaban J connectivity index is 2.11. The van der Waals surface area contributed by atoms with Crippen molar-refractivity contribution < 1.29 is 9.59 Å². The molecule has 2 amide bonds. The number of amides is 2. The summed E-state index contributed by atoms with van der Waals surface area (Å²) >= 11 is 0. The molecule has 0 aliphatic carbocycles. The van der Waals surface area contributed by atoms with E-state index in [2.05, 4.69) is 5.43 Å². The van der Waals surface area contributed by atoms with Crippen LogP contribution in [0.25, 0.3) is 0 Å². The van der Waals surface area contributed by atoms with Gasteiger partial charge in [0, 0.05) is 32.2 Å². The molecule has 0 unspecified atom stereocenters. The zero-order valence-electron chi connectivity index (χ0n) is 10.9. The van der Waals surface area contributed by atoms with Crippen LogP contribution in [0.3, 0.4) is 0 Å². The van der Waals surface area contributed by atoms with Crippen LogP contribution in [-0.4, -0.2) is 48.3 Å². The SMILES string of the molecule is CN1CCN(Cc2ccccc2C(=O)NN)CC1=O. The minimum absolute atomic E-state index is 0.104. The van der Waals surface area contributed by atoms with Gasteiger partial charge in [0.15, 0.2) is 0 Å². The third kappa shape index (κ3) is 3.10. The van der Waals surface area contributed by atoms with Crippen molar-refractivity contribution in [1.82, 2.24) is 15.2 Å². The van der Waals surface area contributed by atoms with Crippen LogP contribution in [0.5, 0.6) is 0 Å². The summed E-state index contributed by atoms with van der Waals surface area (Å²) < 4.78 is 0. The predicted molar refractivity (Wildman–Crippen MR) is 71.0 cm³/mol. The number of nitrogen functional groups attached to an aromatic ring is 1. The van der Waals surface area contributed by atoms with Crippen molar-refractivity contribution in [3.05, 3.63) is 35.4 Å². The molecule has 6 heteroatoms. The Bertz CT molecular complexity index is 489. The van der Waals surface area contributed by atoms with Crippen LogP contribution in [-0.2, 0) is 11.3 Å². The lowest BCUT2D eigenvalue weighted by Crippen LogP contribution is -2.48. The molecule has 2 rings (SSSR count). The van der Waals surface area contributed by atoms with Gasteiger partial charge in [-0.05, 0) is 11.6 Å². The molecule has 0 atom stereocenters. The molecule has 1 saturated heterocycles. The van der Waals surface area contributed by atoms with E-state index in [0.29, 0.717) is 25.2 Å². The van der Waals surface area contributed by atoms with Crippen LogP contribution in [0.4, 0.5) is 0 Å². The summed E-state index contributed by atoms with van der Waals surface area (Å²) in [6.07, 6.45) is 0. The van der Waals surface area contributed by atoms with Crippen LogP contribution < -0.4 is 11.3 Å². The molecule has 6 nitrogen and oxygen atoms in total. The van der Waals surface area contributed by atoms with E-state index in [4.69, 9.17) is 5.84 Å². The van der Waals surface area contributed by atoms with E-state index < -0.39 is 0 Å². The molecule has 0 radical (unpaired) electrons. The predicted octanol–water partition coefficient (Wildman–Crippen LogP) is -0.436. The van der Waals surface area contributed by atoms with Gasteiger partial charge in [-0.2, -0.15) is 0 Å². The highest BCUT2D eigenvalue weighted by Crippen LogP contribution is 2.13. The fourth-order valence-electron chi connectivity index (χ4n) is 2.14. The van der Waals surface area contributed by atoms with E-state index in [1.165, 1.54) is 0 Å². The maximum Gasteiger partial charge on any atom is 0.265 e. The molecule has 1 aliphatic rings. The molecule has 1 heterocycles. The van der Waals surface area contributed by atoms with Crippen LogP contribution in [0, 0.1) is 0 Å². The number of hydrazine groups is 1. The van der Waals surface area contributed by atoms with Gasteiger partial charge in [0.1, 0.15) is 0 Å². The first-order chi connectivity index (χ1) is 9.11. The van der Waals surface area contributed by atoms with Crippen molar-refractivity contribution in [2.24, 2.45) is 5.84 Å². The number of hydrogen-bond acceptors (Lipinski definition) is 4. The number of carbonyl (C=O) groups excluding carboxylic acids is 2. The Morgan fingerprint density at radius 1 is 1.37 bits per heavy atom. The molecule has 1 aromatic rings. The fourth-order valence-corrected chi connectivity index (χ4v) is 2.14. The number of rotatable bonds is 3. The van der Waals surface area contributed by atoms with Gasteiger partial charge in [0.2, 0.25) is 5.91 Å². The first-order valence-electron chi connectivity index (χ1n) is 6.17. The monoisotopic (exact) mass is 262 g/mol. The van der Waals surface area contributed by atoms with E-state index in [1.54, 1.807) is 24.1 Å². The number of nitrogens with one attached hydrogen (secondary N) is 1. The Morgan fingerprint density at radius 3 is 2.79 bits per heavy atom. The topological polar surface area (TPSA) is 78.7 Å². The summed E-state index contributed by atoms with van der Waals surface area (Å²) in [5, 5.41) is 0. The zero-order chi connectivity index (χ0) is 13.8. The smallest absolute Gasteiger partial charge is 0.265 e. The van der Waals surface area contributed by atoms with Gasteiger partial charge in [0.05, 0.1) is 6.54 Å². The van der Waals surface area contributed by atoms with E-state index in [0.717, 1.165) is 12.1 Å². The second-order valence-corrected chi connectivity index (χ2v) is 4.66. The number of benzene rings is 1. The summed E-state index contributed by atoms with van der Waals surface area (Å²) in [7, 11) is 1.80. The van der Waals surface area contributed by atoms with Crippen molar-refractivity contribution in [2.75, 3.05) is 26.7 Å². The number of hydrogen-bond donors (Lipinski definition) is 2. The Morgan fingerprint density at radius 2 is 2.11 bits per heavy atom. The second-order valence-electron chi connectivity index (χ2n) is 4.66. The van der Waals surface area contributed by atoms with Gasteiger partial charge in [-0.25, -0.2) is 5.84 Å². The zero-order valence-corrected chi connectivity index (χ0v) is 10.9. The van der Waals surface area contributed by atoms with Gasteiger partial charge in [-0.1, -0.05) is 18.2 Å². The highest BCUT2D eigenvalue weighted by molar-refractivity contribution is 5.95. The van der Waals surface area contributed by atoms with Crippen LogP contribution in [0.1, 0.15) is 15.9 Å². The van der Waals surface area contributed by atoms with Gasteiger partial charge >= 0.3 is 0 Å². The van der Waals surface area contributed by atoms with E-state index in [9.17, 15) is 9.59 Å². The molecular weight excluding hydrogens is 244 g/mol. The molecule has 0 saturated carbocycles. The molecule has 0 aromatic heterocycles. The highest BCUT2D eigenvalue weighted by Gasteiger charge is 2.22. The van der Waals surface area contributed by atoms with Crippen molar-refractivity contribution in [3.63, 3.8) is 0 Å². The standard InChI is InChI=1S/C13H18N4O2/c1-16-6-7-17(9-12(16)18)8-10-4-2-3-5-11(10)13(19)15-14/h2-5H,6-9,14H2,1H3,(H,15,19). The Hall–Kier alpha value is -1.92. The number of carbonyl (C=O) groups is 2. The highest BCUT2D eigenvalue weighted by atomic mass is 16.2. The van der Waals surface area contributed by atoms with Gasteiger partial charge in [-0.15, -0.1) is 0 Å². The van der Waals surface area contributed by atoms with Gasteiger partial charge in [0.25, 0.3) is 5.91 Å². The van der Waals surface area contributed by atoms with Crippen molar-refractivity contribution in [3.8, 4) is 0 Å². The van der Waals surface area contributed by atoms with Crippen molar-refractivity contribution in [1.29, 1.82) is 0 Å². The molecule has 0 spiro atoms. The first kappa shape index (κ1) is 13.5. The molecule has 1 aliphatic heterocycles. The number of likely N-dealkylation sites (N-methyl/N-ethyl adjacent to an activating group) is 1. The molecule has 102 valence electrons. The quantitative estimate of drug-likeness (QED) is 0.440. The fraction of sp³-hybridized carbons (Fsp3) is 0.385. The van der Waals surface area contributed by atoms with Gasteiger partial charge in [-0.3, -0.25) is 19.9 Å². The summed E-state index contributed by atoms with van der Waals surface area (Å²) in [6, 6.07) is 7.28. The third-order valence-corrected chi connectivity index (χ3v) is 3.32. The average Bonchev–Trinajstić information content (AvgIpc) is 2.43. The average molecular weight is 262 g/mol. The van der Waals surface area contributed by atoms with Gasteiger partial charge < -0.3 is 4.90 Å². The minimum atomic E-state index is -0.309. The maximum absolute atomic E-state index is 11.7. The first-order valence-corrected chi connectivity index (χ1v) is 6.17. The molecule has 3 N–H and O–H groups in total. The largest absolute Gasteiger partial charge is 0.343 e. The lowest BCUT2D eigenvalue weighted by molar-refractivity contribution is -0.134. The van der Waals surface area contributed by atoms with Crippen LogP contribution in [0.15, 0.2) is 24.3 Å². The molecule has 0 bridgehead atoms. The van der Waals surface area contributed by atoms with Crippen LogP contribution in [0.2, 0.25) is 0 Å². The number of piperazine rings is 1. The summed E-state index contributed by atoms with van der Waals surface area (Å²) in [6.45, 7) is 2.48. The molecule has 1 fully saturated rings. The molecule has 1 aromatic carbocycles. The molecule has 19 heavy (non-hydrogen) atoms.